The second-order valence-electron chi connectivity index (χ2n) is 6.40. The highest BCUT2D eigenvalue weighted by atomic mass is 127. The molecule has 0 saturated heterocycles. The van der Waals surface area contributed by atoms with E-state index in [1.165, 1.54) is 6.07 Å². The van der Waals surface area contributed by atoms with E-state index in [9.17, 15) is 4.39 Å². The molecular formula is C18H25FIN5O. The van der Waals surface area contributed by atoms with E-state index in [1.54, 1.807) is 19.1 Å². The molecule has 0 aliphatic heterocycles. The molecule has 3 rings (SSSR count). The van der Waals surface area contributed by atoms with Crippen LogP contribution < -0.4 is 10.6 Å². The molecule has 1 aliphatic rings. The van der Waals surface area contributed by atoms with Gasteiger partial charge in [0.25, 0.3) is 0 Å². The first kappa shape index (κ1) is 20.6. The topological polar surface area (TPSA) is 75.3 Å². The van der Waals surface area contributed by atoms with Crippen molar-refractivity contribution in [3.8, 4) is 0 Å². The van der Waals surface area contributed by atoms with Crippen LogP contribution in [0.1, 0.15) is 37.0 Å². The Morgan fingerprint density at radius 1 is 1.35 bits per heavy atom. The number of guanidine groups is 1. The summed E-state index contributed by atoms with van der Waals surface area (Å²) in [5, 5.41) is 10.3. The van der Waals surface area contributed by atoms with Crippen LogP contribution in [-0.2, 0) is 11.8 Å². The second-order valence-corrected chi connectivity index (χ2v) is 6.40. The predicted octanol–water partition coefficient (Wildman–Crippen LogP) is 2.96. The van der Waals surface area contributed by atoms with Crippen molar-refractivity contribution in [3.05, 3.63) is 47.4 Å². The first-order valence-electron chi connectivity index (χ1n) is 8.69. The summed E-state index contributed by atoms with van der Waals surface area (Å²) in [6.07, 6.45) is 2.72. The molecule has 1 fully saturated rings. The van der Waals surface area contributed by atoms with Gasteiger partial charge in [0.05, 0.1) is 6.54 Å². The van der Waals surface area contributed by atoms with Gasteiger partial charge in [0.15, 0.2) is 11.8 Å². The molecule has 0 radical (unpaired) electrons. The molecule has 1 heterocycles. The van der Waals surface area contributed by atoms with Crippen molar-refractivity contribution < 1.29 is 8.91 Å². The van der Waals surface area contributed by atoms with Gasteiger partial charge in [-0.3, -0.25) is 4.99 Å². The minimum Gasteiger partial charge on any atom is -0.357 e. The van der Waals surface area contributed by atoms with E-state index in [-0.39, 0.29) is 35.2 Å². The second kappa shape index (κ2) is 9.29. The van der Waals surface area contributed by atoms with E-state index in [2.05, 4.69) is 20.8 Å². The zero-order chi connectivity index (χ0) is 17.7. The van der Waals surface area contributed by atoms with Gasteiger partial charge >= 0.3 is 0 Å². The van der Waals surface area contributed by atoms with E-state index >= 15 is 0 Å². The fourth-order valence-corrected chi connectivity index (χ4v) is 2.81. The Bertz CT molecular complexity index is 745. The summed E-state index contributed by atoms with van der Waals surface area (Å²) < 4.78 is 18.6. The molecule has 0 amide bonds. The molecule has 1 aliphatic carbocycles. The summed E-state index contributed by atoms with van der Waals surface area (Å²) in [5.74, 6) is 1.81. The fourth-order valence-electron chi connectivity index (χ4n) is 2.81. The van der Waals surface area contributed by atoms with Crippen molar-refractivity contribution in [2.45, 2.75) is 38.5 Å². The lowest BCUT2D eigenvalue weighted by Crippen LogP contribution is -2.39. The van der Waals surface area contributed by atoms with Gasteiger partial charge < -0.3 is 15.2 Å². The molecule has 0 unspecified atom stereocenters. The monoisotopic (exact) mass is 473 g/mol. The number of aryl methyl sites for hydroxylation is 1. The third-order valence-corrected chi connectivity index (χ3v) is 4.38. The van der Waals surface area contributed by atoms with Gasteiger partial charge in [0.1, 0.15) is 5.82 Å². The number of benzene rings is 1. The van der Waals surface area contributed by atoms with E-state index in [0.29, 0.717) is 31.2 Å². The van der Waals surface area contributed by atoms with Crippen molar-refractivity contribution in [1.82, 2.24) is 20.8 Å². The maximum atomic E-state index is 13.5. The Labute approximate surface area is 170 Å². The number of rotatable bonds is 7. The lowest BCUT2D eigenvalue weighted by molar-refractivity contribution is 0.374. The molecule has 0 spiro atoms. The third kappa shape index (κ3) is 5.39. The quantitative estimate of drug-likeness (QED) is 0.368. The third-order valence-electron chi connectivity index (χ3n) is 4.38. The fraction of sp³-hybridized carbons (Fsp3) is 0.500. The minimum absolute atomic E-state index is 0. The number of aliphatic imine (C=N–C) groups is 1. The number of hydrogen-bond donors (Lipinski definition) is 2. The zero-order valence-corrected chi connectivity index (χ0v) is 17.4. The van der Waals surface area contributed by atoms with E-state index in [1.807, 2.05) is 13.0 Å². The van der Waals surface area contributed by atoms with Crippen LogP contribution in [0.25, 0.3) is 0 Å². The SMILES string of the molecule is CCNC(=NCC1(c2cccc(F)c2)CC1)NCCc1nc(C)no1.I. The van der Waals surface area contributed by atoms with Crippen LogP contribution in [0, 0.1) is 12.7 Å². The number of hydrogen-bond acceptors (Lipinski definition) is 4. The van der Waals surface area contributed by atoms with E-state index in [4.69, 9.17) is 9.52 Å². The van der Waals surface area contributed by atoms with Gasteiger partial charge in [0.2, 0.25) is 5.89 Å². The number of halogens is 2. The Hall–Kier alpha value is -1.71. The van der Waals surface area contributed by atoms with Gasteiger partial charge in [-0.15, -0.1) is 24.0 Å². The molecule has 2 aromatic rings. The van der Waals surface area contributed by atoms with Crippen molar-refractivity contribution in [2.24, 2.45) is 4.99 Å². The summed E-state index contributed by atoms with van der Waals surface area (Å²) in [6.45, 7) is 5.90. The smallest absolute Gasteiger partial charge is 0.228 e. The van der Waals surface area contributed by atoms with Gasteiger partial charge in [0, 0.05) is 24.9 Å². The summed E-state index contributed by atoms with van der Waals surface area (Å²) in [7, 11) is 0. The molecular weight excluding hydrogens is 448 g/mol. The number of nitrogens with one attached hydrogen (secondary N) is 2. The Kier molecular flexibility index (Phi) is 7.36. The largest absolute Gasteiger partial charge is 0.357 e. The van der Waals surface area contributed by atoms with Crippen LogP contribution in [0.3, 0.4) is 0 Å². The molecule has 2 N–H and O–H groups in total. The predicted molar refractivity (Wildman–Crippen MR) is 109 cm³/mol. The van der Waals surface area contributed by atoms with Gasteiger partial charge in [-0.1, -0.05) is 17.3 Å². The van der Waals surface area contributed by atoms with Crippen LogP contribution in [0.4, 0.5) is 4.39 Å². The summed E-state index contributed by atoms with van der Waals surface area (Å²) in [6, 6.07) is 6.86. The molecule has 8 heteroatoms. The summed E-state index contributed by atoms with van der Waals surface area (Å²) >= 11 is 0. The van der Waals surface area contributed by atoms with Crippen molar-refractivity contribution in [1.29, 1.82) is 0 Å². The molecule has 1 aromatic carbocycles. The first-order chi connectivity index (χ1) is 12.1. The highest BCUT2D eigenvalue weighted by Gasteiger charge is 2.44. The lowest BCUT2D eigenvalue weighted by Gasteiger charge is -2.16. The van der Waals surface area contributed by atoms with Crippen LogP contribution in [-0.4, -0.2) is 35.7 Å². The van der Waals surface area contributed by atoms with Gasteiger partial charge in [-0.2, -0.15) is 4.98 Å². The lowest BCUT2D eigenvalue weighted by atomic mass is 9.96. The summed E-state index contributed by atoms with van der Waals surface area (Å²) in [4.78, 5) is 8.88. The van der Waals surface area contributed by atoms with Crippen molar-refractivity contribution in [3.63, 3.8) is 0 Å². The molecule has 142 valence electrons. The number of nitrogens with zero attached hydrogens (tertiary/aromatic N) is 3. The Balaban J connectivity index is 0.00000243. The normalized spacial score (nSPS) is 15.3. The van der Waals surface area contributed by atoms with Crippen molar-refractivity contribution >= 4 is 29.9 Å². The van der Waals surface area contributed by atoms with E-state index < -0.39 is 0 Å². The van der Waals surface area contributed by atoms with E-state index in [0.717, 1.165) is 30.9 Å². The van der Waals surface area contributed by atoms with Crippen LogP contribution in [0.2, 0.25) is 0 Å². The van der Waals surface area contributed by atoms with Crippen LogP contribution in [0.5, 0.6) is 0 Å². The highest BCUT2D eigenvalue weighted by molar-refractivity contribution is 14.0. The molecule has 0 bridgehead atoms. The van der Waals surface area contributed by atoms with Crippen LogP contribution in [0.15, 0.2) is 33.8 Å². The minimum atomic E-state index is -0.187. The first-order valence-corrected chi connectivity index (χ1v) is 8.69. The molecule has 1 saturated carbocycles. The van der Waals surface area contributed by atoms with Gasteiger partial charge in [-0.25, -0.2) is 4.39 Å². The molecule has 1 aromatic heterocycles. The maximum absolute atomic E-state index is 13.5. The maximum Gasteiger partial charge on any atom is 0.228 e. The average Bonchev–Trinajstić information content (AvgIpc) is 3.28. The number of aromatic nitrogens is 2. The Morgan fingerprint density at radius 3 is 2.77 bits per heavy atom. The molecule has 0 atom stereocenters. The zero-order valence-electron chi connectivity index (χ0n) is 15.1. The molecule has 6 nitrogen and oxygen atoms in total. The van der Waals surface area contributed by atoms with Crippen LogP contribution >= 0.6 is 24.0 Å². The standard InChI is InChI=1S/C18H24FN5O.HI/c1-3-20-17(21-10-7-16-23-13(2)24-25-16)22-12-18(8-9-18)14-5-4-6-15(19)11-14;/h4-6,11H,3,7-10,12H2,1-2H3,(H2,20,21,22);1H. The van der Waals surface area contributed by atoms with Gasteiger partial charge in [-0.05, 0) is 44.4 Å². The Morgan fingerprint density at radius 2 is 2.15 bits per heavy atom. The van der Waals surface area contributed by atoms with Crippen molar-refractivity contribution in [2.75, 3.05) is 19.6 Å². The highest BCUT2D eigenvalue weighted by Crippen LogP contribution is 2.48. The average molecular weight is 473 g/mol. The molecule has 26 heavy (non-hydrogen) atoms. The summed E-state index contributed by atoms with van der Waals surface area (Å²) in [5.41, 5.74) is 1.02.